The molecule has 112 valence electrons. The molecular formula is C17H28N2O. The quantitative estimate of drug-likeness (QED) is 0.894. The topological polar surface area (TPSA) is 24.5 Å². The Balaban J connectivity index is 2.17. The Morgan fingerprint density at radius 1 is 1.40 bits per heavy atom. The predicted molar refractivity (Wildman–Crippen MR) is 84.2 cm³/mol. The van der Waals surface area contributed by atoms with Gasteiger partial charge in [0.1, 0.15) is 5.75 Å². The van der Waals surface area contributed by atoms with Crippen molar-refractivity contribution >= 4 is 0 Å². The van der Waals surface area contributed by atoms with Crippen LogP contribution in [0.5, 0.6) is 5.75 Å². The van der Waals surface area contributed by atoms with E-state index in [1.165, 1.54) is 24.9 Å². The van der Waals surface area contributed by atoms with Gasteiger partial charge in [-0.2, -0.15) is 0 Å². The van der Waals surface area contributed by atoms with Crippen LogP contribution in [0.3, 0.4) is 0 Å². The molecule has 1 aliphatic heterocycles. The number of rotatable bonds is 5. The highest BCUT2D eigenvalue weighted by Crippen LogP contribution is 2.35. The fourth-order valence-corrected chi connectivity index (χ4v) is 3.21. The maximum Gasteiger partial charge on any atom is 0.119 e. The Bertz CT molecular complexity index is 419. The molecule has 1 aliphatic rings. The molecule has 3 heteroatoms. The van der Waals surface area contributed by atoms with Gasteiger partial charge in [0.2, 0.25) is 0 Å². The van der Waals surface area contributed by atoms with Gasteiger partial charge in [-0.15, -0.1) is 0 Å². The van der Waals surface area contributed by atoms with Crippen molar-refractivity contribution in [1.82, 2.24) is 10.2 Å². The Hall–Kier alpha value is -1.06. The van der Waals surface area contributed by atoms with E-state index in [4.69, 9.17) is 4.74 Å². The third-order valence-electron chi connectivity index (χ3n) is 4.23. The first-order valence-electron chi connectivity index (χ1n) is 7.69. The van der Waals surface area contributed by atoms with Crippen LogP contribution in [0.15, 0.2) is 24.3 Å². The smallest absolute Gasteiger partial charge is 0.119 e. The highest BCUT2D eigenvalue weighted by atomic mass is 16.5. The lowest BCUT2D eigenvalue weighted by Gasteiger charge is -2.40. The van der Waals surface area contributed by atoms with E-state index in [-0.39, 0.29) is 0 Å². The molecule has 1 aromatic carbocycles. The lowest BCUT2D eigenvalue weighted by molar-refractivity contribution is 0.118. The van der Waals surface area contributed by atoms with Gasteiger partial charge in [-0.25, -0.2) is 0 Å². The summed E-state index contributed by atoms with van der Waals surface area (Å²) in [6.45, 7) is 6.70. The molecular weight excluding hydrogens is 248 g/mol. The van der Waals surface area contributed by atoms with Gasteiger partial charge in [0, 0.05) is 18.6 Å². The van der Waals surface area contributed by atoms with Crippen molar-refractivity contribution in [2.75, 3.05) is 27.2 Å². The number of nitrogens with one attached hydrogen (secondary N) is 1. The monoisotopic (exact) mass is 276 g/mol. The number of ether oxygens (including phenoxy) is 1. The number of benzene rings is 1. The van der Waals surface area contributed by atoms with E-state index >= 15 is 0 Å². The zero-order valence-corrected chi connectivity index (χ0v) is 13.2. The molecule has 2 atom stereocenters. The zero-order valence-electron chi connectivity index (χ0n) is 13.2. The predicted octanol–water partition coefficient (Wildman–Crippen LogP) is 3.08. The SMILES string of the molecule is COc1cccc(C2C(CNC(C)C)CCCN2C)c1. The number of hydrogen-bond donors (Lipinski definition) is 1. The molecule has 0 amide bonds. The summed E-state index contributed by atoms with van der Waals surface area (Å²) in [6.07, 6.45) is 2.59. The summed E-state index contributed by atoms with van der Waals surface area (Å²) in [6, 6.07) is 9.59. The molecule has 2 unspecified atom stereocenters. The average Bonchev–Trinajstić information content (AvgIpc) is 2.45. The Morgan fingerprint density at radius 3 is 2.90 bits per heavy atom. The zero-order chi connectivity index (χ0) is 14.5. The summed E-state index contributed by atoms with van der Waals surface area (Å²) in [5.41, 5.74) is 1.38. The fourth-order valence-electron chi connectivity index (χ4n) is 3.21. The molecule has 1 saturated heterocycles. The molecule has 0 bridgehead atoms. The molecule has 0 spiro atoms. The van der Waals surface area contributed by atoms with E-state index in [0.29, 0.717) is 18.0 Å². The van der Waals surface area contributed by atoms with Crippen molar-refractivity contribution in [3.8, 4) is 5.75 Å². The van der Waals surface area contributed by atoms with Crippen LogP contribution < -0.4 is 10.1 Å². The molecule has 0 saturated carbocycles. The Labute approximate surface area is 123 Å². The van der Waals surface area contributed by atoms with E-state index in [2.05, 4.69) is 49.3 Å². The minimum absolute atomic E-state index is 0.491. The van der Waals surface area contributed by atoms with Crippen LogP contribution in [-0.4, -0.2) is 38.2 Å². The molecule has 3 nitrogen and oxygen atoms in total. The lowest BCUT2D eigenvalue weighted by Crippen LogP contribution is -2.41. The van der Waals surface area contributed by atoms with Gasteiger partial charge in [0.15, 0.2) is 0 Å². The summed E-state index contributed by atoms with van der Waals surface area (Å²) < 4.78 is 5.38. The van der Waals surface area contributed by atoms with E-state index in [1.807, 2.05) is 6.07 Å². The van der Waals surface area contributed by atoms with Crippen LogP contribution in [0.1, 0.15) is 38.3 Å². The van der Waals surface area contributed by atoms with Gasteiger partial charge < -0.3 is 10.1 Å². The van der Waals surface area contributed by atoms with Crippen molar-refractivity contribution in [1.29, 1.82) is 0 Å². The standard InChI is InChI=1S/C17H28N2O/c1-13(2)18-12-15-8-6-10-19(3)17(15)14-7-5-9-16(11-14)20-4/h5,7,9,11,13,15,17-18H,6,8,10,12H2,1-4H3. The number of piperidine rings is 1. The first kappa shape index (κ1) is 15.3. The van der Waals surface area contributed by atoms with Crippen LogP contribution >= 0.6 is 0 Å². The van der Waals surface area contributed by atoms with Crippen LogP contribution in [0, 0.1) is 5.92 Å². The minimum atomic E-state index is 0.491. The lowest BCUT2D eigenvalue weighted by atomic mass is 9.84. The molecule has 0 aromatic heterocycles. The largest absolute Gasteiger partial charge is 0.497 e. The van der Waals surface area contributed by atoms with Crippen LogP contribution in [-0.2, 0) is 0 Å². The minimum Gasteiger partial charge on any atom is -0.497 e. The van der Waals surface area contributed by atoms with Gasteiger partial charge in [-0.1, -0.05) is 26.0 Å². The van der Waals surface area contributed by atoms with E-state index in [9.17, 15) is 0 Å². The first-order valence-corrected chi connectivity index (χ1v) is 7.69. The number of nitrogens with zero attached hydrogens (tertiary/aromatic N) is 1. The van der Waals surface area contributed by atoms with Gasteiger partial charge >= 0.3 is 0 Å². The molecule has 0 radical (unpaired) electrons. The summed E-state index contributed by atoms with van der Waals surface area (Å²) in [5.74, 6) is 1.63. The normalized spacial score (nSPS) is 24.1. The summed E-state index contributed by atoms with van der Waals surface area (Å²) in [5, 5.41) is 3.61. The van der Waals surface area contributed by atoms with Gasteiger partial charge in [0.25, 0.3) is 0 Å². The van der Waals surface area contributed by atoms with Crippen LogP contribution in [0.2, 0.25) is 0 Å². The van der Waals surface area contributed by atoms with Crippen LogP contribution in [0.4, 0.5) is 0 Å². The maximum absolute atomic E-state index is 5.38. The van der Waals surface area contributed by atoms with Gasteiger partial charge in [0.05, 0.1) is 7.11 Å². The van der Waals surface area contributed by atoms with Crippen molar-refractivity contribution in [3.63, 3.8) is 0 Å². The summed E-state index contributed by atoms with van der Waals surface area (Å²) in [4.78, 5) is 2.49. The fraction of sp³-hybridized carbons (Fsp3) is 0.647. The summed E-state index contributed by atoms with van der Waals surface area (Å²) >= 11 is 0. The first-order chi connectivity index (χ1) is 9.61. The molecule has 1 aromatic rings. The van der Waals surface area contributed by atoms with E-state index in [0.717, 1.165) is 12.3 Å². The second kappa shape index (κ2) is 7.09. The third kappa shape index (κ3) is 3.74. The Morgan fingerprint density at radius 2 is 2.20 bits per heavy atom. The van der Waals surface area contributed by atoms with Gasteiger partial charge in [-0.05, 0) is 50.0 Å². The Kier molecular flexibility index (Phi) is 5.44. The summed E-state index contributed by atoms with van der Waals surface area (Å²) in [7, 11) is 3.98. The molecule has 20 heavy (non-hydrogen) atoms. The second-order valence-corrected chi connectivity index (χ2v) is 6.17. The van der Waals surface area contributed by atoms with Crippen LogP contribution in [0.25, 0.3) is 0 Å². The maximum atomic E-state index is 5.38. The van der Waals surface area contributed by atoms with Crippen molar-refractivity contribution in [2.24, 2.45) is 5.92 Å². The molecule has 1 N–H and O–H groups in total. The molecule has 1 heterocycles. The van der Waals surface area contributed by atoms with Crippen molar-refractivity contribution in [2.45, 2.75) is 38.8 Å². The highest BCUT2D eigenvalue weighted by molar-refractivity contribution is 5.31. The molecule has 0 aliphatic carbocycles. The number of likely N-dealkylation sites (tertiary alicyclic amines) is 1. The van der Waals surface area contributed by atoms with E-state index < -0.39 is 0 Å². The van der Waals surface area contributed by atoms with E-state index in [1.54, 1.807) is 7.11 Å². The van der Waals surface area contributed by atoms with Crippen molar-refractivity contribution in [3.05, 3.63) is 29.8 Å². The van der Waals surface area contributed by atoms with Crippen molar-refractivity contribution < 1.29 is 4.74 Å². The third-order valence-corrected chi connectivity index (χ3v) is 4.23. The van der Waals surface area contributed by atoms with Gasteiger partial charge in [-0.3, -0.25) is 4.90 Å². The average molecular weight is 276 g/mol. The highest BCUT2D eigenvalue weighted by Gasteiger charge is 2.30. The number of hydrogen-bond acceptors (Lipinski definition) is 3. The molecule has 1 fully saturated rings. The second-order valence-electron chi connectivity index (χ2n) is 6.17. The number of methoxy groups -OCH3 is 1. The molecule has 2 rings (SSSR count).